The zero-order valence-electron chi connectivity index (χ0n) is 4.43. The second-order valence-corrected chi connectivity index (χ2v) is 1.46. The van der Waals surface area contributed by atoms with E-state index in [4.69, 9.17) is 10.8 Å². The van der Waals surface area contributed by atoms with Crippen LogP contribution in [0.2, 0.25) is 0 Å². The van der Waals surface area contributed by atoms with Gasteiger partial charge < -0.3 is 10.8 Å². The summed E-state index contributed by atoms with van der Waals surface area (Å²) >= 11 is 0. The zero-order chi connectivity index (χ0) is 5.54. The van der Waals surface area contributed by atoms with Crippen molar-refractivity contribution >= 4 is 0 Å². The Bertz CT molecular complexity index is 27.3. The van der Waals surface area contributed by atoms with Crippen molar-refractivity contribution in [3.8, 4) is 0 Å². The van der Waals surface area contributed by atoms with Gasteiger partial charge in [0.2, 0.25) is 0 Å². The summed E-state index contributed by atoms with van der Waals surface area (Å²) in [7, 11) is 0. The van der Waals surface area contributed by atoms with Gasteiger partial charge in [0.05, 0.1) is 0 Å². The first kappa shape index (κ1) is 6.92. The van der Waals surface area contributed by atoms with Gasteiger partial charge in [0.15, 0.2) is 0 Å². The van der Waals surface area contributed by atoms with Crippen LogP contribution in [0.15, 0.2) is 0 Å². The molecule has 0 fully saturated rings. The third-order valence-corrected chi connectivity index (χ3v) is 0.779. The van der Waals surface area contributed by atoms with E-state index in [1.54, 1.807) is 6.54 Å². The topological polar surface area (TPSA) is 46.2 Å². The van der Waals surface area contributed by atoms with Gasteiger partial charge in [-0.3, -0.25) is 0 Å². The number of hydrogen-bond donors (Lipinski definition) is 2. The largest absolute Gasteiger partial charge is 0.396 e. The molecule has 0 aliphatic rings. The Morgan fingerprint density at radius 2 is 2.14 bits per heavy atom. The van der Waals surface area contributed by atoms with Crippen LogP contribution in [0.1, 0.15) is 19.3 Å². The Kier molecular flexibility index (Phi) is 5.85. The predicted molar refractivity (Wildman–Crippen MR) is 29.4 cm³/mol. The quantitative estimate of drug-likeness (QED) is 0.500. The molecule has 0 heterocycles. The molecule has 1 radical (unpaired) electrons. The van der Waals surface area contributed by atoms with E-state index in [2.05, 4.69) is 0 Å². The third kappa shape index (κ3) is 5.92. The number of hydrogen-bond acceptors (Lipinski definition) is 2. The molecule has 0 bridgehead atoms. The predicted octanol–water partition coefficient (Wildman–Crippen LogP) is 0.269. The lowest BCUT2D eigenvalue weighted by atomic mass is 10.2. The van der Waals surface area contributed by atoms with Crippen LogP contribution in [0.5, 0.6) is 0 Å². The molecule has 2 nitrogen and oxygen atoms in total. The molecule has 0 aromatic carbocycles. The SMILES string of the molecule is N[CH]CCCCO. The van der Waals surface area contributed by atoms with Gasteiger partial charge in [0.25, 0.3) is 0 Å². The maximum atomic E-state index is 8.24. The molecule has 0 aliphatic heterocycles. The fourth-order valence-corrected chi connectivity index (χ4v) is 0.374. The Morgan fingerprint density at radius 1 is 1.43 bits per heavy atom. The van der Waals surface area contributed by atoms with Gasteiger partial charge in [0, 0.05) is 13.2 Å². The van der Waals surface area contributed by atoms with Gasteiger partial charge in [-0.2, -0.15) is 0 Å². The fourth-order valence-electron chi connectivity index (χ4n) is 0.374. The summed E-state index contributed by atoms with van der Waals surface area (Å²) in [5.74, 6) is 0. The van der Waals surface area contributed by atoms with Gasteiger partial charge in [-0.15, -0.1) is 0 Å². The van der Waals surface area contributed by atoms with Gasteiger partial charge in [-0.1, -0.05) is 0 Å². The summed E-state index contributed by atoms with van der Waals surface area (Å²) in [6, 6.07) is 0. The van der Waals surface area contributed by atoms with Crippen LogP contribution < -0.4 is 5.73 Å². The smallest absolute Gasteiger partial charge is 0.0431 e. The molecule has 0 spiro atoms. The van der Waals surface area contributed by atoms with Crippen molar-refractivity contribution in [1.82, 2.24) is 0 Å². The molecule has 0 aliphatic carbocycles. The van der Waals surface area contributed by atoms with E-state index < -0.39 is 0 Å². The molecule has 0 rings (SSSR count). The minimum Gasteiger partial charge on any atom is -0.396 e. The average molecular weight is 102 g/mol. The molecular formula is C5H12NO. The molecule has 2 heteroatoms. The second kappa shape index (κ2) is 5.92. The highest BCUT2D eigenvalue weighted by Gasteiger charge is 1.81. The molecule has 0 aromatic rings. The molecule has 0 saturated heterocycles. The van der Waals surface area contributed by atoms with Gasteiger partial charge >= 0.3 is 0 Å². The maximum Gasteiger partial charge on any atom is 0.0431 e. The lowest BCUT2D eigenvalue weighted by Gasteiger charge is -1.90. The third-order valence-electron chi connectivity index (χ3n) is 0.779. The van der Waals surface area contributed by atoms with Crippen molar-refractivity contribution in [2.24, 2.45) is 5.73 Å². The first-order chi connectivity index (χ1) is 3.41. The van der Waals surface area contributed by atoms with Crippen LogP contribution in [0, 0.1) is 6.54 Å². The van der Waals surface area contributed by atoms with Gasteiger partial charge in [-0.05, 0) is 19.3 Å². The van der Waals surface area contributed by atoms with Crippen LogP contribution in [0.4, 0.5) is 0 Å². The summed E-state index contributed by atoms with van der Waals surface area (Å²) in [5, 5.41) is 8.24. The van der Waals surface area contributed by atoms with E-state index >= 15 is 0 Å². The molecule has 0 amide bonds. The number of rotatable bonds is 4. The van der Waals surface area contributed by atoms with Crippen molar-refractivity contribution in [2.75, 3.05) is 6.61 Å². The molecule has 0 atom stereocenters. The summed E-state index contributed by atoms with van der Waals surface area (Å²) < 4.78 is 0. The number of aliphatic hydroxyl groups is 1. The highest BCUT2D eigenvalue weighted by atomic mass is 16.2. The number of aliphatic hydroxyl groups excluding tert-OH is 1. The van der Waals surface area contributed by atoms with Crippen molar-refractivity contribution in [3.05, 3.63) is 6.54 Å². The van der Waals surface area contributed by atoms with Crippen molar-refractivity contribution in [1.29, 1.82) is 0 Å². The lowest BCUT2D eigenvalue weighted by Crippen LogP contribution is -1.90. The number of nitrogens with two attached hydrogens (primary N) is 1. The Balaban J connectivity index is 2.45. The van der Waals surface area contributed by atoms with Crippen LogP contribution in [-0.2, 0) is 0 Å². The zero-order valence-corrected chi connectivity index (χ0v) is 4.43. The standard InChI is InChI=1S/C5H12NO/c6-4-2-1-3-5-7/h4,7H,1-3,5-6H2. The van der Waals surface area contributed by atoms with Crippen molar-refractivity contribution in [2.45, 2.75) is 19.3 Å². The number of unbranched alkanes of at least 4 members (excludes halogenated alkanes) is 2. The van der Waals surface area contributed by atoms with Gasteiger partial charge in [0.1, 0.15) is 0 Å². The molecule has 0 aromatic heterocycles. The molecule has 7 heavy (non-hydrogen) atoms. The fraction of sp³-hybridized carbons (Fsp3) is 0.800. The summed E-state index contributed by atoms with van der Waals surface area (Å²) in [5.41, 5.74) is 5.06. The normalized spacial score (nSPS) is 9.43. The highest BCUT2D eigenvalue weighted by Crippen LogP contribution is 1.92. The van der Waals surface area contributed by atoms with E-state index in [1.807, 2.05) is 0 Å². The van der Waals surface area contributed by atoms with E-state index in [-0.39, 0.29) is 6.61 Å². The van der Waals surface area contributed by atoms with Gasteiger partial charge in [-0.25, -0.2) is 0 Å². The van der Waals surface area contributed by atoms with Crippen LogP contribution >= 0.6 is 0 Å². The van der Waals surface area contributed by atoms with Crippen molar-refractivity contribution < 1.29 is 5.11 Å². The van der Waals surface area contributed by atoms with Crippen LogP contribution in [-0.4, -0.2) is 11.7 Å². The summed E-state index contributed by atoms with van der Waals surface area (Å²) in [4.78, 5) is 0. The summed E-state index contributed by atoms with van der Waals surface area (Å²) in [6.45, 7) is 1.91. The molecule has 43 valence electrons. The maximum absolute atomic E-state index is 8.24. The van der Waals surface area contributed by atoms with E-state index in [9.17, 15) is 0 Å². The first-order valence-electron chi connectivity index (χ1n) is 2.56. The Morgan fingerprint density at radius 3 is 2.57 bits per heavy atom. The van der Waals surface area contributed by atoms with Crippen LogP contribution in [0.25, 0.3) is 0 Å². The Labute approximate surface area is 44.3 Å². The highest BCUT2D eigenvalue weighted by molar-refractivity contribution is 4.51. The average Bonchev–Trinajstić information content (AvgIpc) is 1.69. The molecular weight excluding hydrogens is 90.1 g/mol. The van der Waals surface area contributed by atoms with E-state index in [0.717, 1.165) is 19.3 Å². The minimum atomic E-state index is 0.286. The minimum absolute atomic E-state index is 0.286. The van der Waals surface area contributed by atoms with Crippen LogP contribution in [0.3, 0.4) is 0 Å². The Hall–Kier alpha value is -0.0800. The monoisotopic (exact) mass is 102 g/mol. The molecule has 3 N–H and O–H groups in total. The lowest BCUT2D eigenvalue weighted by molar-refractivity contribution is 0.284. The van der Waals surface area contributed by atoms with E-state index in [0.29, 0.717) is 0 Å². The molecule has 0 unspecified atom stereocenters. The summed E-state index contributed by atoms with van der Waals surface area (Å²) in [6.07, 6.45) is 2.79. The van der Waals surface area contributed by atoms with Crippen molar-refractivity contribution in [3.63, 3.8) is 0 Å². The van der Waals surface area contributed by atoms with E-state index in [1.165, 1.54) is 0 Å². The first-order valence-corrected chi connectivity index (χ1v) is 2.56. The second-order valence-electron chi connectivity index (χ2n) is 1.46. The molecule has 0 saturated carbocycles.